The first-order valence-electron chi connectivity index (χ1n) is 6.99. The molecule has 4 nitrogen and oxygen atoms in total. The van der Waals surface area contributed by atoms with Gasteiger partial charge in [0.1, 0.15) is 0 Å². The SMILES string of the molecule is Cc1cc(Br)c(S(=O)(=O)NN2C(C)CCCC2C)cc1Br. The molecule has 0 bridgehead atoms. The standard InChI is InChI=1S/C14H20Br2N2O2S/c1-9-7-13(16)14(8-12(9)15)21(19,20)17-18-10(2)5-4-6-11(18)3/h7-8,10-11,17H,4-6H2,1-3H3. The Morgan fingerprint density at radius 1 is 1.14 bits per heavy atom. The highest BCUT2D eigenvalue weighted by Crippen LogP contribution is 2.30. The lowest BCUT2D eigenvalue weighted by Crippen LogP contribution is -2.53. The molecule has 2 unspecified atom stereocenters. The van der Waals surface area contributed by atoms with Crippen LogP contribution in [0.15, 0.2) is 26.0 Å². The Kier molecular flexibility index (Phi) is 5.52. The molecule has 0 saturated carbocycles. The molecular weight excluding hydrogens is 420 g/mol. The minimum absolute atomic E-state index is 0.205. The van der Waals surface area contributed by atoms with Crippen molar-refractivity contribution >= 4 is 41.9 Å². The molecule has 1 aliphatic rings. The fourth-order valence-electron chi connectivity index (χ4n) is 2.62. The molecule has 1 aromatic rings. The zero-order valence-electron chi connectivity index (χ0n) is 12.4. The Morgan fingerprint density at radius 2 is 1.71 bits per heavy atom. The number of hydrogen-bond acceptors (Lipinski definition) is 3. The number of hydrogen-bond donors (Lipinski definition) is 1. The van der Waals surface area contributed by atoms with Crippen molar-refractivity contribution in [2.45, 2.75) is 57.0 Å². The van der Waals surface area contributed by atoms with Crippen molar-refractivity contribution in [1.82, 2.24) is 9.84 Å². The van der Waals surface area contributed by atoms with Crippen LogP contribution in [-0.4, -0.2) is 25.5 Å². The molecule has 0 aliphatic carbocycles. The van der Waals surface area contributed by atoms with E-state index in [-0.39, 0.29) is 17.0 Å². The van der Waals surface area contributed by atoms with Crippen LogP contribution in [0.4, 0.5) is 0 Å². The van der Waals surface area contributed by atoms with E-state index >= 15 is 0 Å². The number of piperidine rings is 1. The lowest BCUT2D eigenvalue weighted by molar-refractivity contribution is 0.0790. The summed E-state index contributed by atoms with van der Waals surface area (Å²) in [6.45, 7) is 6.03. The van der Waals surface area contributed by atoms with Crippen molar-refractivity contribution in [2.24, 2.45) is 0 Å². The van der Waals surface area contributed by atoms with Crippen LogP contribution in [0.25, 0.3) is 0 Å². The third-order valence-corrected chi connectivity index (χ3v) is 7.06. The molecule has 1 N–H and O–H groups in total. The average Bonchev–Trinajstić information content (AvgIpc) is 2.38. The molecule has 1 heterocycles. The van der Waals surface area contributed by atoms with E-state index in [2.05, 4.69) is 50.5 Å². The fourth-order valence-corrected chi connectivity index (χ4v) is 5.54. The summed E-state index contributed by atoms with van der Waals surface area (Å²) in [5, 5.41) is 1.86. The topological polar surface area (TPSA) is 49.4 Å². The Labute approximate surface area is 143 Å². The number of benzene rings is 1. The summed E-state index contributed by atoms with van der Waals surface area (Å²) in [5.41, 5.74) is 0.987. The predicted molar refractivity (Wildman–Crippen MR) is 91.5 cm³/mol. The molecule has 1 aliphatic heterocycles. The van der Waals surface area contributed by atoms with Crippen LogP contribution in [0.2, 0.25) is 0 Å². The highest BCUT2D eigenvalue weighted by Gasteiger charge is 2.30. The van der Waals surface area contributed by atoms with E-state index in [1.54, 1.807) is 6.07 Å². The molecule has 7 heteroatoms. The molecule has 0 radical (unpaired) electrons. The first-order chi connectivity index (χ1) is 9.72. The van der Waals surface area contributed by atoms with Gasteiger partial charge < -0.3 is 0 Å². The first-order valence-corrected chi connectivity index (χ1v) is 10.1. The second-order valence-corrected chi connectivity index (χ2v) is 9.00. The van der Waals surface area contributed by atoms with Gasteiger partial charge in [0, 0.05) is 21.0 Å². The number of aryl methyl sites for hydroxylation is 1. The molecule has 1 saturated heterocycles. The highest BCUT2D eigenvalue weighted by molar-refractivity contribution is 9.11. The Morgan fingerprint density at radius 3 is 2.29 bits per heavy atom. The molecule has 21 heavy (non-hydrogen) atoms. The Bertz CT molecular complexity index is 624. The van der Waals surface area contributed by atoms with Gasteiger partial charge in [-0.2, -0.15) is 0 Å². The monoisotopic (exact) mass is 438 g/mol. The largest absolute Gasteiger partial charge is 0.254 e. The molecule has 0 amide bonds. The van der Waals surface area contributed by atoms with Crippen LogP contribution in [0.3, 0.4) is 0 Å². The molecule has 1 aromatic carbocycles. The van der Waals surface area contributed by atoms with Gasteiger partial charge in [0.05, 0.1) is 4.90 Å². The van der Waals surface area contributed by atoms with E-state index in [1.165, 1.54) is 0 Å². The summed E-state index contributed by atoms with van der Waals surface area (Å²) in [5.74, 6) is 0. The number of nitrogens with zero attached hydrogens (tertiary/aromatic N) is 1. The number of halogens is 2. The van der Waals surface area contributed by atoms with Crippen LogP contribution in [0.5, 0.6) is 0 Å². The Balaban J connectivity index is 2.32. The van der Waals surface area contributed by atoms with E-state index in [0.717, 1.165) is 29.3 Å². The molecule has 2 rings (SSSR count). The average molecular weight is 440 g/mol. The van der Waals surface area contributed by atoms with E-state index < -0.39 is 10.0 Å². The van der Waals surface area contributed by atoms with E-state index in [1.807, 2.05) is 18.0 Å². The van der Waals surface area contributed by atoms with Crippen molar-refractivity contribution < 1.29 is 8.42 Å². The molecule has 118 valence electrons. The van der Waals surface area contributed by atoms with Gasteiger partial charge in [-0.3, -0.25) is 0 Å². The van der Waals surface area contributed by atoms with Crippen LogP contribution >= 0.6 is 31.9 Å². The van der Waals surface area contributed by atoms with Crippen molar-refractivity contribution in [3.8, 4) is 0 Å². The smallest absolute Gasteiger partial charge is 0.225 e. The molecule has 0 aromatic heterocycles. The van der Waals surface area contributed by atoms with E-state index in [0.29, 0.717) is 4.47 Å². The van der Waals surface area contributed by atoms with Gasteiger partial charge >= 0.3 is 0 Å². The fraction of sp³-hybridized carbons (Fsp3) is 0.571. The first kappa shape index (κ1) is 17.4. The molecule has 1 fully saturated rings. The van der Waals surface area contributed by atoms with Gasteiger partial charge in [0.2, 0.25) is 0 Å². The Hall–Kier alpha value is 0.0500. The van der Waals surface area contributed by atoms with Crippen LogP contribution in [0.1, 0.15) is 38.7 Å². The maximum atomic E-state index is 12.7. The second kappa shape index (κ2) is 6.66. The van der Waals surface area contributed by atoms with Crippen LogP contribution < -0.4 is 4.83 Å². The molecular formula is C14H20Br2N2O2S. The highest BCUT2D eigenvalue weighted by atomic mass is 79.9. The van der Waals surface area contributed by atoms with E-state index in [4.69, 9.17) is 0 Å². The summed E-state index contributed by atoms with van der Waals surface area (Å²) in [6.07, 6.45) is 3.15. The molecule has 2 atom stereocenters. The lowest BCUT2D eigenvalue weighted by Gasteiger charge is -2.38. The van der Waals surface area contributed by atoms with Gasteiger partial charge in [-0.15, -0.1) is 4.83 Å². The summed E-state index contributed by atoms with van der Waals surface area (Å²) >= 11 is 6.75. The number of sulfonamides is 1. The van der Waals surface area contributed by atoms with Gasteiger partial charge in [0.25, 0.3) is 10.0 Å². The maximum Gasteiger partial charge on any atom is 0.254 e. The van der Waals surface area contributed by atoms with Crippen molar-refractivity contribution in [3.05, 3.63) is 26.6 Å². The van der Waals surface area contributed by atoms with Crippen LogP contribution in [-0.2, 0) is 10.0 Å². The molecule has 0 spiro atoms. The third kappa shape index (κ3) is 3.88. The zero-order valence-corrected chi connectivity index (χ0v) is 16.3. The van der Waals surface area contributed by atoms with Crippen molar-refractivity contribution in [2.75, 3.05) is 0 Å². The predicted octanol–water partition coefficient (Wildman–Crippen LogP) is 3.98. The minimum Gasteiger partial charge on any atom is -0.225 e. The summed E-state index contributed by atoms with van der Waals surface area (Å²) in [7, 11) is -3.60. The minimum atomic E-state index is -3.60. The van der Waals surface area contributed by atoms with Crippen LogP contribution in [0, 0.1) is 6.92 Å². The van der Waals surface area contributed by atoms with Gasteiger partial charge in [-0.1, -0.05) is 22.4 Å². The third-order valence-electron chi connectivity index (χ3n) is 3.92. The summed E-state index contributed by atoms with van der Waals surface area (Å²) < 4.78 is 26.7. The number of nitrogens with one attached hydrogen (secondary N) is 1. The van der Waals surface area contributed by atoms with Crippen molar-refractivity contribution in [1.29, 1.82) is 0 Å². The van der Waals surface area contributed by atoms with Crippen molar-refractivity contribution in [3.63, 3.8) is 0 Å². The lowest BCUT2D eigenvalue weighted by atomic mass is 10.0. The number of hydrazine groups is 1. The maximum absolute atomic E-state index is 12.7. The second-order valence-electron chi connectivity index (χ2n) is 5.66. The number of rotatable bonds is 3. The van der Waals surface area contributed by atoms with E-state index in [9.17, 15) is 8.42 Å². The van der Waals surface area contributed by atoms with Gasteiger partial charge in [0.15, 0.2) is 0 Å². The normalized spacial score (nSPS) is 24.2. The summed E-state index contributed by atoms with van der Waals surface area (Å²) in [6, 6.07) is 3.86. The zero-order chi connectivity index (χ0) is 15.8. The van der Waals surface area contributed by atoms with Gasteiger partial charge in [-0.25, -0.2) is 13.4 Å². The summed E-state index contributed by atoms with van der Waals surface area (Å²) in [4.78, 5) is 3.01. The quantitative estimate of drug-likeness (QED) is 0.774. The van der Waals surface area contributed by atoms with Gasteiger partial charge in [-0.05, 0) is 67.2 Å².